The summed E-state index contributed by atoms with van der Waals surface area (Å²) >= 11 is 0. The molecule has 28 heavy (non-hydrogen) atoms. The van der Waals surface area contributed by atoms with Gasteiger partial charge in [0.1, 0.15) is 5.82 Å². The lowest BCUT2D eigenvalue weighted by Crippen LogP contribution is -2.43. The average molecular weight is 390 g/mol. The molecule has 1 saturated heterocycles. The van der Waals surface area contributed by atoms with Crippen molar-refractivity contribution in [3.63, 3.8) is 0 Å². The number of piperidine rings is 1. The van der Waals surface area contributed by atoms with E-state index >= 15 is 0 Å². The van der Waals surface area contributed by atoms with Gasteiger partial charge in [-0.25, -0.2) is 4.98 Å². The minimum atomic E-state index is -4.52. The van der Waals surface area contributed by atoms with Crippen molar-refractivity contribution in [3.05, 3.63) is 41.6 Å². The lowest BCUT2D eigenvalue weighted by atomic mass is 10.0. The lowest BCUT2D eigenvalue weighted by Gasteiger charge is -2.36. The van der Waals surface area contributed by atoms with Crippen LogP contribution < -0.4 is 15.1 Å². The Hall–Kier alpha value is -3.02. The molecule has 1 aromatic carbocycles. The zero-order valence-corrected chi connectivity index (χ0v) is 15.7. The van der Waals surface area contributed by atoms with E-state index in [4.69, 9.17) is 5.26 Å². The summed E-state index contributed by atoms with van der Waals surface area (Å²) in [4.78, 5) is 12.1. The summed E-state index contributed by atoms with van der Waals surface area (Å²) < 4.78 is 40.5. The zero-order valence-electron chi connectivity index (χ0n) is 15.7. The summed E-state index contributed by atoms with van der Waals surface area (Å²) in [6, 6.07) is 7.21. The van der Waals surface area contributed by atoms with E-state index < -0.39 is 11.7 Å². The first-order valence-electron chi connectivity index (χ1n) is 8.91. The number of hydrogen-bond acceptors (Lipinski definition) is 6. The fraction of sp³-hybridized carbons (Fsp3) is 0.421. The zero-order chi connectivity index (χ0) is 20.3. The van der Waals surface area contributed by atoms with Gasteiger partial charge in [0, 0.05) is 45.1 Å². The highest BCUT2D eigenvalue weighted by Gasteiger charge is 2.36. The third kappa shape index (κ3) is 4.44. The van der Waals surface area contributed by atoms with Gasteiger partial charge in [0.05, 0.1) is 17.2 Å². The van der Waals surface area contributed by atoms with Gasteiger partial charge in [-0.2, -0.15) is 23.4 Å². The molecule has 0 bridgehead atoms. The van der Waals surface area contributed by atoms with E-state index in [0.717, 1.165) is 18.9 Å². The Morgan fingerprint density at radius 3 is 2.75 bits per heavy atom. The second-order valence-corrected chi connectivity index (χ2v) is 6.91. The molecule has 0 saturated carbocycles. The normalized spacial score (nSPS) is 17.1. The molecule has 2 aromatic rings. The van der Waals surface area contributed by atoms with Gasteiger partial charge in [0.25, 0.3) is 0 Å². The number of benzene rings is 1. The first kappa shape index (κ1) is 19.7. The fourth-order valence-electron chi connectivity index (χ4n) is 3.28. The van der Waals surface area contributed by atoms with Crippen molar-refractivity contribution in [2.45, 2.75) is 25.1 Å². The van der Waals surface area contributed by atoms with Crippen LogP contribution in [0, 0.1) is 11.3 Å². The molecule has 0 aliphatic carbocycles. The molecule has 2 heterocycles. The van der Waals surface area contributed by atoms with Crippen molar-refractivity contribution in [1.82, 2.24) is 9.97 Å². The third-order valence-corrected chi connectivity index (χ3v) is 4.59. The van der Waals surface area contributed by atoms with E-state index in [1.165, 1.54) is 12.1 Å². The lowest BCUT2D eigenvalue weighted by molar-refractivity contribution is -0.137. The van der Waals surface area contributed by atoms with Crippen LogP contribution in [0.4, 0.5) is 30.6 Å². The number of rotatable bonds is 4. The Morgan fingerprint density at radius 2 is 2.07 bits per heavy atom. The molecule has 1 aromatic heterocycles. The van der Waals surface area contributed by atoms with Crippen LogP contribution in [0.5, 0.6) is 0 Å². The van der Waals surface area contributed by atoms with Crippen molar-refractivity contribution in [1.29, 1.82) is 5.26 Å². The molecule has 1 aliphatic heterocycles. The standard InChI is InChI=1S/C19H21F3N6/c1-27(2)18-24-8-7-17(26-18)25-14-4-3-9-28(12-14)16-6-5-13(11-23)10-15(16)19(20,21)22/h5-8,10,14H,3-4,9,12H2,1-2H3,(H,24,25,26). The van der Waals surface area contributed by atoms with Gasteiger partial charge in [-0.15, -0.1) is 0 Å². The Labute approximate surface area is 161 Å². The number of nitriles is 1. The van der Waals surface area contributed by atoms with Crippen LogP contribution in [0.3, 0.4) is 0 Å². The van der Waals surface area contributed by atoms with Gasteiger partial charge >= 0.3 is 6.18 Å². The smallest absolute Gasteiger partial charge is 0.369 e. The minimum absolute atomic E-state index is 0.0000372. The number of alkyl halides is 3. The molecule has 1 fully saturated rings. The Bertz CT molecular complexity index is 875. The maximum atomic E-state index is 13.5. The molecule has 1 aliphatic rings. The number of aromatic nitrogens is 2. The second-order valence-electron chi connectivity index (χ2n) is 6.91. The van der Waals surface area contributed by atoms with E-state index in [0.29, 0.717) is 24.9 Å². The van der Waals surface area contributed by atoms with E-state index in [9.17, 15) is 13.2 Å². The summed E-state index contributed by atoms with van der Waals surface area (Å²) in [6.07, 6.45) is -1.29. The predicted octanol–water partition coefficient (Wildman–Crippen LogP) is 3.51. The highest BCUT2D eigenvalue weighted by atomic mass is 19.4. The summed E-state index contributed by atoms with van der Waals surface area (Å²) in [5, 5.41) is 12.2. The maximum absolute atomic E-state index is 13.5. The quantitative estimate of drug-likeness (QED) is 0.862. The highest BCUT2D eigenvalue weighted by Crippen LogP contribution is 2.38. The van der Waals surface area contributed by atoms with Crippen molar-refractivity contribution in [2.75, 3.05) is 42.3 Å². The first-order valence-corrected chi connectivity index (χ1v) is 8.91. The fourth-order valence-corrected chi connectivity index (χ4v) is 3.28. The Kier molecular flexibility index (Phi) is 5.58. The van der Waals surface area contributed by atoms with Gasteiger partial charge in [-0.3, -0.25) is 0 Å². The average Bonchev–Trinajstić information content (AvgIpc) is 2.67. The number of anilines is 3. The summed E-state index contributed by atoms with van der Waals surface area (Å²) in [5.74, 6) is 1.20. The monoisotopic (exact) mass is 390 g/mol. The van der Waals surface area contributed by atoms with Gasteiger partial charge in [-0.05, 0) is 37.1 Å². The van der Waals surface area contributed by atoms with E-state index in [1.807, 2.05) is 14.1 Å². The van der Waals surface area contributed by atoms with Crippen LogP contribution in [-0.2, 0) is 6.18 Å². The largest absolute Gasteiger partial charge is 0.418 e. The van der Waals surface area contributed by atoms with Crippen LogP contribution >= 0.6 is 0 Å². The van der Waals surface area contributed by atoms with Gasteiger partial charge in [0.2, 0.25) is 5.95 Å². The predicted molar refractivity (Wildman–Crippen MR) is 101 cm³/mol. The second kappa shape index (κ2) is 7.92. The van der Waals surface area contributed by atoms with Crippen LogP contribution in [0.1, 0.15) is 24.0 Å². The van der Waals surface area contributed by atoms with Crippen molar-refractivity contribution >= 4 is 17.5 Å². The minimum Gasteiger partial charge on any atom is -0.369 e. The molecule has 148 valence electrons. The molecule has 0 spiro atoms. The third-order valence-electron chi connectivity index (χ3n) is 4.59. The van der Waals surface area contributed by atoms with Crippen LogP contribution in [0.25, 0.3) is 0 Å². The molecule has 0 radical (unpaired) electrons. The van der Waals surface area contributed by atoms with Crippen molar-refractivity contribution < 1.29 is 13.2 Å². The van der Waals surface area contributed by atoms with Crippen LogP contribution in [0.2, 0.25) is 0 Å². The van der Waals surface area contributed by atoms with Gasteiger partial charge in [0.15, 0.2) is 0 Å². The summed E-state index contributed by atoms with van der Waals surface area (Å²) in [7, 11) is 3.68. The summed E-state index contributed by atoms with van der Waals surface area (Å²) in [5.41, 5.74) is -0.668. The first-order chi connectivity index (χ1) is 13.3. The molecule has 9 heteroatoms. The van der Waals surface area contributed by atoms with E-state index in [2.05, 4.69) is 15.3 Å². The number of halogens is 3. The number of nitrogens with zero attached hydrogens (tertiary/aromatic N) is 5. The molecule has 6 nitrogen and oxygen atoms in total. The topological polar surface area (TPSA) is 68.1 Å². The Morgan fingerprint density at radius 1 is 1.29 bits per heavy atom. The van der Waals surface area contributed by atoms with Crippen molar-refractivity contribution in [3.8, 4) is 6.07 Å². The molecular formula is C19H21F3N6. The van der Waals surface area contributed by atoms with Crippen LogP contribution in [-0.4, -0.2) is 43.2 Å². The molecule has 1 unspecified atom stereocenters. The number of hydrogen-bond donors (Lipinski definition) is 1. The summed E-state index contributed by atoms with van der Waals surface area (Å²) in [6.45, 7) is 0.941. The molecule has 3 rings (SSSR count). The number of nitrogens with one attached hydrogen (secondary N) is 1. The molecule has 1 N–H and O–H groups in total. The maximum Gasteiger partial charge on any atom is 0.418 e. The molecular weight excluding hydrogens is 369 g/mol. The SMILES string of the molecule is CN(C)c1nccc(NC2CCCN(c3ccc(C#N)cc3C(F)(F)F)C2)n1. The van der Waals surface area contributed by atoms with E-state index in [1.54, 1.807) is 28.1 Å². The van der Waals surface area contributed by atoms with Gasteiger partial charge in [-0.1, -0.05) is 0 Å². The van der Waals surface area contributed by atoms with Crippen LogP contribution in [0.15, 0.2) is 30.5 Å². The molecule has 0 amide bonds. The van der Waals surface area contributed by atoms with E-state index in [-0.39, 0.29) is 17.3 Å². The highest BCUT2D eigenvalue weighted by molar-refractivity contribution is 5.59. The Balaban J connectivity index is 1.81. The van der Waals surface area contributed by atoms with Gasteiger partial charge < -0.3 is 15.1 Å². The molecule has 1 atom stereocenters. The van der Waals surface area contributed by atoms with Crippen molar-refractivity contribution in [2.24, 2.45) is 0 Å².